The van der Waals surface area contributed by atoms with E-state index in [4.69, 9.17) is 11.6 Å². The van der Waals surface area contributed by atoms with Crippen molar-refractivity contribution < 1.29 is 4.79 Å². The molecular formula is C17H17ClN4O. The minimum Gasteiger partial charge on any atom is -0.348 e. The Morgan fingerprint density at radius 2 is 2.00 bits per heavy atom. The molecule has 0 radical (unpaired) electrons. The number of amides is 1. The summed E-state index contributed by atoms with van der Waals surface area (Å²) >= 11 is 5.85. The highest BCUT2D eigenvalue weighted by Gasteiger charge is 2.10. The smallest absolute Gasteiger partial charge is 0.251 e. The summed E-state index contributed by atoms with van der Waals surface area (Å²) in [4.78, 5) is 12.3. The van der Waals surface area contributed by atoms with E-state index in [1.807, 2.05) is 22.9 Å². The van der Waals surface area contributed by atoms with Gasteiger partial charge in [-0.15, -0.1) is 5.10 Å². The molecule has 118 valence electrons. The summed E-state index contributed by atoms with van der Waals surface area (Å²) in [5.74, 6) is -0.133. The minimum absolute atomic E-state index is 0.133. The van der Waals surface area contributed by atoms with Crippen molar-refractivity contribution in [3.63, 3.8) is 0 Å². The fraction of sp³-hybridized carbons (Fsp3) is 0.235. The van der Waals surface area contributed by atoms with E-state index in [0.717, 1.165) is 29.6 Å². The summed E-state index contributed by atoms with van der Waals surface area (Å²) in [5, 5.41) is 11.8. The van der Waals surface area contributed by atoms with E-state index in [-0.39, 0.29) is 5.91 Å². The van der Waals surface area contributed by atoms with Crippen LogP contribution in [-0.4, -0.2) is 20.9 Å². The van der Waals surface area contributed by atoms with Crippen LogP contribution in [0, 0.1) is 0 Å². The van der Waals surface area contributed by atoms with Gasteiger partial charge < -0.3 is 5.32 Å². The van der Waals surface area contributed by atoms with Crippen LogP contribution >= 0.6 is 11.6 Å². The van der Waals surface area contributed by atoms with Crippen LogP contribution in [0.4, 0.5) is 0 Å². The molecule has 0 aliphatic heterocycles. The van der Waals surface area contributed by atoms with Crippen molar-refractivity contribution in [3.8, 4) is 0 Å². The number of hydrogen-bond acceptors (Lipinski definition) is 3. The Morgan fingerprint density at radius 1 is 1.22 bits per heavy atom. The summed E-state index contributed by atoms with van der Waals surface area (Å²) < 4.78 is 1.85. The van der Waals surface area contributed by atoms with Crippen molar-refractivity contribution in [1.82, 2.24) is 20.3 Å². The van der Waals surface area contributed by atoms with Crippen molar-refractivity contribution in [3.05, 3.63) is 58.6 Å². The van der Waals surface area contributed by atoms with Crippen LogP contribution in [0.2, 0.25) is 5.02 Å². The first-order valence-corrected chi connectivity index (χ1v) is 7.91. The van der Waals surface area contributed by atoms with E-state index in [9.17, 15) is 4.79 Å². The molecule has 3 rings (SSSR count). The number of carbonyl (C=O) groups is 1. The Hall–Kier alpha value is -2.40. The molecule has 0 unspecified atom stereocenters. The highest BCUT2D eigenvalue weighted by Crippen LogP contribution is 2.14. The van der Waals surface area contributed by atoms with Crippen molar-refractivity contribution >= 4 is 28.5 Å². The number of aryl methyl sites for hydroxylation is 1. The van der Waals surface area contributed by atoms with Gasteiger partial charge >= 0.3 is 0 Å². The van der Waals surface area contributed by atoms with Crippen molar-refractivity contribution in [2.75, 3.05) is 0 Å². The fourth-order valence-electron chi connectivity index (χ4n) is 2.38. The van der Waals surface area contributed by atoms with Crippen LogP contribution in [0.5, 0.6) is 0 Å². The lowest BCUT2D eigenvalue weighted by Crippen LogP contribution is -2.22. The molecule has 1 N–H and O–H groups in total. The molecule has 0 saturated heterocycles. The van der Waals surface area contributed by atoms with E-state index >= 15 is 0 Å². The highest BCUT2D eigenvalue weighted by atomic mass is 35.5. The second-order valence-corrected chi connectivity index (χ2v) is 5.76. The number of fused-ring (bicyclic) bond motifs is 1. The van der Waals surface area contributed by atoms with E-state index < -0.39 is 0 Å². The van der Waals surface area contributed by atoms with E-state index in [2.05, 4.69) is 22.6 Å². The second-order valence-electron chi connectivity index (χ2n) is 5.33. The lowest BCUT2D eigenvalue weighted by molar-refractivity contribution is 0.0951. The molecule has 1 heterocycles. The molecule has 0 aliphatic rings. The molecule has 1 aromatic heterocycles. The van der Waals surface area contributed by atoms with Crippen molar-refractivity contribution in [1.29, 1.82) is 0 Å². The standard InChI is InChI=1S/C17H17ClN4O/c1-2-9-22-16-8-5-13(10-15(16)20-21-22)17(23)19-11-12-3-6-14(18)7-4-12/h3-8,10H,2,9,11H2,1H3,(H,19,23). The monoisotopic (exact) mass is 328 g/mol. The topological polar surface area (TPSA) is 59.8 Å². The van der Waals surface area contributed by atoms with Crippen LogP contribution in [0.15, 0.2) is 42.5 Å². The number of hydrogen-bond donors (Lipinski definition) is 1. The molecule has 0 saturated carbocycles. The predicted octanol–water partition coefficient (Wildman–Crippen LogP) is 3.42. The zero-order valence-corrected chi connectivity index (χ0v) is 13.5. The minimum atomic E-state index is -0.133. The van der Waals surface area contributed by atoms with Gasteiger partial charge in [0.25, 0.3) is 5.91 Å². The van der Waals surface area contributed by atoms with Crippen molar-refractivity contribution in [2.45, 2.75) is 26.4 Å². The van der Waals surface area contributed by atoms with Gasteiger partial charge in [-0.1, -0.05) is 35.9 Å². The van der Waals surface area contributed by atoms with E-state index in [1.54, 1.807) is 24.3 Å². The Morgan fingerprint density at radius 3 is 2.74 bits per heavy atom. The number of benzene rings is 2. The van der Waals surface area contributed by atoms with Crippen LogP contribution in [0.25, 0.3) is 11.0 Å². The summed E-state index contributed by atoms with van der Waals surface area (Å²) in [6.45, 7) is 3.36. The molecule has 5 nitrogen and oxygen atoms in total. The zero-order valence-electron chi connectivity index (χ0n) is 12.8. The largest absolute Gasteiger partial charge is 0.348 e. The maximum Gasteiger partial charge on any atom is 0.251 e. The molecule has 0 bridgehead atoms. The quantitative estimate of drug-likeness (QED) is 0.780. The van der Waals surface area contributed by atoms with Gasteiger partial charge in [0, 0.05) is 23.7 Å². The number of nitrogens with one attached hydrogen (secondary N) is 1. The lowest BCUT2D eigenvalue weighted by Gasteiger charge is -2.06. The van der Waals surface area contributed by atoms with Gasteiger partial charge in [-0.2, -0.15) is 0 Å². The van der Waals surface area contributed by atoms with Crippen LogP contribution in [-0.2, 0) is 13.1 Å². The SMILES string of the molecule is CCCn1nnc2cc(C(=O)NCc3ccc(Cl)cc3)ccc21. The van der Waals surface area contributed by atoms with E-state index in [0.29, 0.717) is 17.1 Å². The van der Waals surface area contributed by atoms with Gasteiger partial charge in [0.15, 0.2) is 0 Å². The highest BCUT2D eigenvalue weighted by molar-refractivity contribution is 6.30. The molecular weight excluding hydrogens is 312 g/mol. The molecule has 0 aliphatic carbocycles. The number of nitrogens with zero attached hydrogens (tertiary/aromatic N) is 3. The Bertz CT molecular complexity index is 826. The number of rotatable bonds is 5. The third-order valence-electron chi connectivity index (χ3n) is 3.58. The van der Waals surface area contributed by atoms with Gasteiger partial charge in [0.05, 0.1) is 5.52 Å². The maximum absolute atomic E-state index is 12.3. The van der Waals surface area contributed by atoms with Gasteiger partial charge in [-0.3, -0.25) is 4.79 Å². The number of carbonyl (C=O) groups excluding carboxylic acids is 1. The van der Waals surface area contributed by atoms with Gasteiger partial charge in [0.2, 0.25) is 0 Å². The van der Waals surface area contributed by atoms with Crippen LogP contribution in [0.1, 0.15) is 29.3 Å². The molecule has 23 heavy (non-hydrogen) atoms. The summed E-state index contributed by atoms with van der Waals surface area (Å²) in [7, 11) is 0. The average molecular weight is 329 g/mol. The summed E-state index contributed by atoms with van der Waals surface area (Å²) in [6.07, 6.45) is 0.988. The Balaban J connectivity index is 1.71. The van der Waals surface area contributed by atoms with Gasteiger partial charge in [0.1, 0.15) is 5.52 Å². The number of halogens is 1. The summed E-state index contributed by atoms with van der Waals surface area (Å²) in [5.41, 5.74) is 3.26. The van der Waals surface area contributed by atoms with Crippen LogP contribution < -0.4 is 5.32 Å². The molecule has 1 amide bonds. The Kier molecular flexibility index (Phi) is 4.57. The fourth-order valence-corrected chi connectivity index (χ4v) is 2.50. The van der Waals surface area contributed by atoms with E-state index in [1.165, 1.54) is 0 Å². The molecule has 2 aromatic carbocycles. The normalized spacial score (nSPS) is 10.9. The molecule has 0 spiro atoms. The third-order valence-corrected chi connectivity index (χ3v) is 3.83. The molecule has 3 aromatic rings. The predicted molar refractivity (Wildman–Crippen MR) is 90.4 cm³/mol. The van der Waals surface area contributed by atoms with Gasteiger partial charge in [-0.25, -0.2) is 4.68 Å². The van der Waals surface area contributed by atoms with Crippen LogP contribution in [0.3, 0.4) is 0 Å². The number of aromatic nitrogens is 3. The lowest BCUT2D eigenvalue weighted by atomic mass is 10.1. The first kappa shape index (κ1) is 15.5. The molecule has 0 atom stereocenters. The molecule has 6 heteroatoms. The second kappa shape index (κ2) is 6.79. The van der Waals surface area contributed by atoms with Crippen molar-refractivity contribution in [2.24, 2.45) is 0 Å². The Labute approximate surface area is 139 Å². The first-order valence-electron chi connectivity index (χ1n) is 7.53. The maximum atomic E-state index is 12.3. The molecule has 0 fully saturated rings. The summed E-state index contributed by atoms with van der Waals surface area (Å²) in [6, 6.07) is 12.9. The third kappa shape index (κ3) is 3.51. The van der Waals surface area contributed by atoms with Gasteiger partial charge in [-0.05, 0) is 42.3 Å². The average Bonchev–Trinajstić information content (AvgIpc) is 2.97. The first-order chi connectivity index (χ1) is 11.2. The zero-order chi connectivity index (χ0) is 16.2.